The van der Waals surface area contributed by atoms with E-state index in [-0.39, 0.29) is 10.9 Å². The van der Waals surface area contributed by atoms with Crippen molar-refractivity contribution in [2.75, 3.05) is 0 Å². The van der Waals surface area contributed by atoms with Crippen LogP contribution in [-0.4, -0.2) is 35.5 Å². The topological polar surface area (TPSA) is 112 Å². The van der Waals surface area contributed by atoms with Gasteiger partial charge >= 0.3 is 5.97 Å². The standard InChI is InChI=1S/C9H15N3O4S/c1-5(2)8(9(13)14)12-17(15,16)7-4-10-6(3)11-7/h4-5,8,12H,1-3H3,(H,10,11)(H,13,14)/t8-/m1/s1. The first-order chi connectivity index (χ1) is 7.74. The smallest absolute Gasteiger partial charge is 0.322 e. The number of rotatable bonds is 5. The van der Waals surface area contributed by atoms with E-state index < -0.39 is 22.0 Å². The van der Waals surface area contributed by atoms with Crippen LogP contribution >= 0.6 is 0 Å². The Morgan fingerprint density at radius 2 is 2.12 bits per heavy atom. The van der Waals surface area contributed by atoms with Crippen LogP contribution in [0.3, 0.4) is 0 Å². The van der Waals surface area contributed by atoms with Crippen molar-refractivity contribution < 1.29 is 18.3 Å². The summed E-state index contributed by atoms with van der Waals surface area (Å²) < 4.78 is 25.8. The molecular weight excluding hydrogens is 246 g/mol. The zero-order valence-electron chi connectivity index (χ0n) is 9.76. The van der Waals surface area contributed by atoms with Crippen LogP contribution in [0.25, 0.3) is 0 Å². The largest absolute Gasteiger partial charge is 0.480 e. The Bertz CT molecular complexity index is 506. The summed E-state index contributed by atoms with van der Waals surface area (Å²) in [7, 11) is -3.88. The third kappa shape index (κ3) is 3.27. The quantitative estimate of drug-likeness (QED) is 0.696. The van der Waals surface area contributed by atoms with Crippen molar-refractivity contribution in [2.45, 2.75) is 31.8 Å². The lowest BCUT2D eigenvalue weighted by Gasteiger charge is -2.17. The Balaban J connectivity index is 2.97. The lowest BCUT2D eigenvalue weighted by Crippen LogP contribution is -2.44. The van der Waals surface area contributed by atoms with Crippen molar-refractivity contribution in [2.24, 2.45) is 5.92 Å². The Morgan fingerprint density at radius 3 is 2.47 bits per heavy atom. The summed E-state index contributed by atoms with van der Waals surface area (Å²) in [6.45, 7) is 4.86. The third-order valence-corrected chi connectivity index (χ3v) is 3.53. The molecule has 1 rings (SSSR count). The van der Waals surface area contributed by atoms with Gasteiger partial charge in [0, 0.05) is 0 Å². The highest BCUT2D eigenvalue weighted by Gasteiger charge is 2.28. The molecule has 0 bridgehead atoms. The lowest BCUT2D eigenvalue weighted by molar-refractivity contribution is -0.140. The van der Waals surface area contributed by atoms with Gasteiger partial charge in [-0.1, -0.05) is 13.8 Å². The molecule has 1 aromatic heterocycles. The van der Waals surface area contributed by atoms with Crippen LogP contribution in [0.2, 0.25) is 0 Å². The van der Waals surface area contributed by atoms with E-state index in [2.05, 4.69) is 14.7 Å². The zero-order valence-corrected chi connectivity index (χ0v) is 10.6. The maximum absolute atomic E-state index is 11.8. The van der Waals surface area contributed by atoms with Crippen LogP contribution in [0, 0.1) is 12.8 Å². The molecule has 1 atom stereocenters. The van der Waals surface area contributed by atoms with Gasteiger partial charge in [-0.3, -0.25) is 4.79 Å². The first-order valence-electron chi connectivity index (χ1n) is 5.01. The van der Waals surface area contributed by atoms with Crippen molar-refractivity contribution in [3.05, 3.63) is 12.0 Å². The number of aromatic amines is 1. The molecule has 0 aliphatic rings. The minimum absolute atomic E-state index is 0.137. The van der Waals surface area contributed by atoms with Crippen LogP contribution in [0.15, 0.2) is 11.2 Å². The van der Waals surface area contributed by atoms with E-state index in [9.17, 15) is 13.2 Å². The molecule has 0 aromatic carbocycles. The van der Waals surface area contributed by atoms with E-state index in [1.807, 2.05) is 0 Å². The molecule has 0 aliphatic heterocycles. The highest BCUT2D eigenvalue weighted by Crippen LogP contribution is 2.09. The average Bonchev–Trinajstić information content (AvgIpc) is 2.61. The van der Waals surface area contributed by atoms with Crippen molar-refractivity contribution in [1.29, 1.82) is 0 Å². The van der Waals surface area contributed by atoms with Crippen molar-refractivity contribution in [3.63, 3.8) is 0 Å². The molecule has 0 fully saturated rings. The molecule has 1 heterocycles. The molecule has 0 amide bonds. The number of sulfonamides is 1. The lowest BCUT2D eigenvalue weighted by atomic mass is 10.1. The molecule has 0 unspecified atom stereocenters. The first kappa shape index (κ1) is 13.7. The molecule has 0 saturated heterocycles. The number of nitrogens with one attached hydrogen (secondary N) is 2. The fourth-order valence-electron chi connectivity index (χ4n) is 1.24. The van der Waals surface area contributed by atoms with E-state index in [4.69, 9.17) is 5.11 Å². The minimum Gasteiger partial charge on any atom is -0.480 e. The molecule has 1 aromatic rings. The fraction of sp³-hybridized carbons (Fsp3) is 0.556. The molecule has 3 N–H and O–H groups in total. The Kier molecular flexibility index (Phi) is 3.89. The first-order valence-corrected chi connectivity index (χ1v) is 6.49. The summed E-state index contributed by atoms with van der Waals surface area (Å²) in [5.41, 5.74) is 0. The SMILES string of the molecule is Cc1ncc(S(=O)(=O)N[C@@H](C(=O)O)C(C)C)[nH]1. The Morgan fingerprint density at radius 1 is 1.53 bits per heavy atom. The summed E-state index contributed by atoms with van der Waals surface area (Å²) in [6, 6.07) is -1.16. The van der Waals surface area contributed by atoms with Crippen LogP contribution in [0.4, 0.5) is 0 Å². The predicted octanol–water partition coefficient (Wildman–Crippen LogP) is 0.106. The summed E-state index contributed by atoms with van der Waals surface area (Å²) in [5, 5.41) is 8.77. The number of aliphatic carboxylic acids is 1. The number of nitrogens with zero attached hydrogens (tertiary/aromatic N) is 1. The number of imidazole rings is 1. The fourth-order valence-corrected chi connectivity index (χ4v) is 2.54. The molecular formula is C9H15N3O4S. The molecule has 0 spiro atoms. The highest BCUT2D eigenvalue weighted by atomic mass is 32.2. The van der Waals surface area contributed by atoms with Crippen LogP contribution in [0.5, 0.6) is 0 Å². The number of hydrogen-bond acceptors (Lipinski definition) is 4. The van der Waals surface area contributed by atoms with E-state index in [1.165, 1.54) is 0 Å². The normalized spacial score (nSPS) is 13.9. The van der Waals surface area contributed by atoms with Gasteiger partial charge in [0.1, 0.15) is 11.9 Å². The minimum atomic E-state index is -3.88. The summed E-state index contributed by atoms with van der Waals surface area (Å²) in [5.74, 6) is -1.12. The number of carbonyl (C=O) groups is 1. The monoisotopic (exact) mass is 261 g/mol. The molecule has 0 radical (unpaired) electrons. The summed E-state index contributed by atoms with van der Waals surface area (Å²) in [6.07, 6.45) is 1.15. The number of hydrogen-bond donors (Lipinski definition) is 3. The van der Waals surface area contributed by atoms with E-state index >= 15 is 0 Å². The molecule has 0 saturated carbocycles. The second-order valence-corrected chi connectivity index (χ2v) is 5.70. The molecule has 17 heavy (non-hydrogen) atoms. The van der Waals surface area contributed by atoms with Gasteiger partial charge in [-0.05, 0) is 12.8 Å². The molecule has 8 heteroatoms. The van der Waals surface area contributed by atoms with Gasteiger partial charge in [-0.15, -0.1) is 0 Å². The van der Waals surface area contributed by atoms with Gasteiger partial charge in [-0.25, -0.2) is 13.4 Å². The summed E-state index contributed by atoms with van der Waals surface area (Å²) >= 11 is 0. The van der Waals surface area contributed by atoms with Gasteiger partial charge in [0.25, 0.3) is 10.0 Å². The molecule has 96 valence electrons. The van der Waals surface area contributed by atoms with E-state index in [0.717, 1.165) is 6.20 Å². The maximum atomic E-state index is 11.8. The van der Waals surface area contributed by atoms with Gasteiger partial charge in [-0.2, -0.15) is 4.72 Å². The number of aromatic nitrogens is 2. The van der Waals surface area contributed by atoms with E-state index in [1.54, 1.807) is 20.8 Å². The van der Waals surface area contributed by atoms with Crippen molar-refractivity contribution in [3.8, 4) is 0 Å². The number of H-pyrrole nitrogens is 1. The maximum Gasteiger partial charge on any atom is 0.322 e. The Labute approximate surface area is 99.3 Å². The predicted molar refractivity (Wildman–Crippen MR) is 59.9 cm³/mol. The van der Waals surface area contributed by atoms with Gasteiger partial charge in [0.2, 0.25) is 0 Å². The second-order valence-electron chi connectivity index (χ2n) is 4.01. The number of carboxylic acids is 1. The molecule has 0 aliphatic carbocycles. The van der Waals surface area contributed by atoms with Gasteiger partial charge in [0.05, 0.1) is 6.20 Å². The Hall–Kier alpha value is -1.41. The highest BCUT2D eigenvalue weighted by molar-refractivity contribution is 7.89. The summed E-state index contributed by atoms with van der Waals surface area (Å²) in [4.78, 5) is 17.2. The number of carboxylic acid groups (broad SMARTS) is 1. The number of aryl methyl sites for hydroxylation is 1. The van der Waals surface area contributed by atoms with Gasteiger partial charge in [0.15, 0.2) is 5.03 Å². The third-order valence-electron chi connectivity index (χ3n) is 2.18. The van der Waals surface area contributed by atoms with Gasteiger partial charge < -0.3 is 10.1 Å². The van der Waals surface area contributed by atoms with Crippen LogP contribution in [0.1, 0.15) is 19.7 Å². The van der Waals surface area contributed by atoms with Crippen molar-refractivity contribution in [1.82, 2.24) is 14.7 Å². The average molecular weight is 261 g/mol. The van der Waals surface area contributed by atoms with Crippen LogP contribution < -0.4 is 4.72 Å². The van der Waals surface area contributed by atoms with Crippen molar-refractivity contribution >= 4 is 16.0 Å². The second kappa shape index (κ2) is 4.84. The van der Waals surface area contributed by atoms with E-state index in [0.29, 0.717) is 5.82 Å². The van der Waals surface area contributed by atoms with Crippen LogP contribution in [-0.2, 0) is 14.8 Å². The molecule has 7 nitrogen and oxygen atoms in total. The zero-order chi connectivity index (χ0) is 13.2.